The smallest absolute Gasteiger partial charge is 0.264 e. The molecule has 0 radical (unpaired) electrons. The van der Waals surface area contributed by atoms with Crippen LogP contribution in [0.1, 0.15) is 10.4 Å². The van der Waals surface area contributed by atoms with Crippen LogP contribution in [0.2, 0.25) is 0 Å². The molecule has 0 spiro atoms. The average Bonchev–Trinajstić information content (AvgIpc) is 3.19. The lowest BCUT2D eigenvalue weighted by atomic mass is 10.2. The summed E-state index contributed by atoms with van der Waals surface area (Å²) in [6, 6.07) is 14.5. The fourth-order valence-electron chi connectivity index (χ4n) is 2.35. The molecule has 1 aromatic heterocycles. The number of rotatable bonds is 8. The van der Waals surface area contributed by atoms with Gasteiger partial charge in [0.15, 0.2) is 4.34 Å². The molecule has 0 unspecified atom stereocenters. The average molecular weight is 447 g/mol. The molecule has 29 heavy (non-hydrogen) atoms. The molecule has 10 heteroatoms. The number of carbonyl (C=O) groups is 1. The van der Waals surface area contributed by atoms with E-state index in [9.17, 15) is 13.2 Å². The van der Waals surface area contributed by atoms with Crippen molar-refractivity contribution >= 4 is 49.8 Å². The molecule has 7 nitrogen and oxygen atoms in total. The molecule has 3 rings (SSSR count). The van der Waals surface area contributed by atoms with E-state index in [1.54, 1.807) is 42.5 Å². The number of thioether (sulfide) groups is 1. The standard InChI is InChI=1S/C19H18N4O3S3/c1-3-12-27-19-22-21-18(28-19)20-17(24)14-8-7-9-15(13-14)23(2)29(25,26)16-10-5-4-6-11-16/h3-11,13H,1,12H2,2H3,(H,20,21,24). The Bertz CT molecular complexity index is 1110. The monoisotopic (exact) mass is 446 g/mol. The molecule has 0 bridgehead atoms. The van der Waals surface area contributed by atoms with Crippen LogP contribution in [0, 0.1) is 0 Å². The Morgan fingerprint density at radius 2 is 1.97 bits per heavy atom. The molecule has 0 fully saturated rings. The first kappa shape index (κ1) is 21.0. The molecule has 2 aromatic carbocycles. The minimum Gasteiger partial charge on any atom is -0.296 e. The second-order valence-corrected chi connectivity index (χ2v) is 9.98. The van der Waals surface area contributed by atoms with Crippen LogP contribution < -0.4 is 9.62 Å². The van der Waals surface area contributed by atoms with E-state index in [1.807, 2.05) is 0 Å². The van der Waals surface area contributed by atoms with Crippen LogP contribution in [0.5, 0.6) is 0 Å². The Balaban J connectivity index is 1.77. The van der Waals surface area contributed by atoms with Gasteiger partial charge in [-0.15, -0.1) is 16.8 Å². The molecule has 0 saturated heterocycles. The summed E-state index contributed by atoms with van der Waals surface area (Å²) < 4.78 is 27.5. The van der Waals surface area contributed by atoms with Gasteiger partial charge in [-0.25, -0.2) is 8.42 Å². The first-order valence-corrected chi connectivity index (χ1v) is 11.7. The molecule has 0 saturated carbocycles. The number of hydrogen-bond donors (Lipinski definition) is 1. The van der Waals surface area contributed by atoms with E-state index in [0.29, 0.717) is 22.1 Å². The molecule has 1 heterocycles. The van der Waals surface area contributed by atoms with E-state index in [4.69, 9.17) is 0 Å². The molecule has 0 atom stereocenters. The van der Waals surface area contributed by atoms with E-state index < -0.39 is 15.9 Å². The predicted octanol–water partition coefficient (Wildman–Crippen LogP) is 3.89. The summed E-state index contributed by atoms with van der Waals surface area (Å²) in [5.74, 6) is 0.307. The Morgan fingerprint density at radius 1 is 1.21 bits per heavy atom. The third-order valence-electron chi connectivity index (χ3n) is 3.83. The number of sulfonamides is 1. The van der Waals surface area contributed by atoms with Gasteiger partial charge in [0, 0.05) is 18.4 Å². The van der Waals surface area contributed by atoms with Gasteiger partial charge in [-0.2, -0.15) is 0 Å². The van der Waals surface area contributed by atoms with Gasteiger partial charge in [0.05, 0.1) is 10.6 Å². The molecule has 0 aliphatic carbocycles. The molecule has 3 aromatic rings. The van der Waals surface area contributed by atoms with Crippen LogP contribution in [0.3, 0.4) is 0 Å². The van der Waals surface area contributed by atoms with Crippen molar-refractivity contribution in [3.05, 3.63) is 72.8 Å². The minimum atomic E-state index is -3.73. The van der Waals surface area contributed by atoms with E-state index in [2.05, 4.69) is 22.1 Å². The molecule has 0 aliphatic rings. The van der Waals surface area contributed by atoms with Gasteiger partial charge in [0.2, 0.25) is 5.13 Å². The Kier molecular flexibility index (Phi) is 6.68. The first-order valence-electron chi connectivity index (χ1n) is 8.44. The third-order valence-corrected chi connectivity index (χ3v) is 7.59. The van der Waals surface area contributed by atoms with Crippen LogP contribution in [0.25, 0.3) is 0 Å². The summed E-state index contributed by atoms with van der Waals surface area (Å²) in [6.45, 7) is 3.65. The van der Waals surface area contributed by atoms with Gasteiger partial charge >= 0.3 is 0 Å². The topological polar surface area (TPSA) is 92.3 Å². The van der Waals surface area contributed by atoms with Gasteiger partial charge in [0.25, 0.3) is 15.9 Å². The number of benzene rings is 2. The predicted molar refractivity (Wildman–Crippen MR) is 117 cm³/mol. The van der Waals surface area contributed by atoms with Gasteiger partial charge in [-0.1, -0.05) is 53.4 Å². The second kappa shape index (κ2) is 9.21. The van der Waals surface area contributed by atoms with Crippen molar-refractivity contribution in [1.29, 1.82) is 0 Å². The minimum absolute atomic E-state index is 0.177. The zero-order chi connectivity index (χ0) is 20.9. The van der Waals surface area contributed by atoms with Gasteiger partial charge < -0.3 is 0 Å². The van der Waals surface area contributed by atoms with Crippen molar-refractivity contribution in [2.45, 2.75) is 9.24 Å². The maximum Gasteiger partial charge on any atom is 0.264 e. The van der Waals surface area contributed by atoms with E-state index in [0.717, 1.165) is 8.64 Å². The summed E-state index contributed by atoms with van der Waals surface area (Å²) in [7, 11) is -2.28. The van der Waals surface area contributed by atoms with Crippen molar-refractivity contribution in [2.24, 2.45) is 0 Å². The van der Waals surface area contributed by atoms with Crippen LogP contribution in [-0.2, 0) is 10.0 Å². The Hall–Kier alpha value is -2.69. The lowest BCUT2D eigenvalue weighted by Crippen LogP contribution is -2.26. The van der Waals surface area contributed by atoms with Crippen LogP contribution in [0.4, 0.5) is 10.8 Å². The number of amides is 1. The molecule has 0 aliphatic heterocycles. The number of nitrogens with zero attached hydrogens (tertiary/aromatic N) is 3. The lowest BCUT2D eigenvalue weighted by Gasteiger charge is -2.20. The largest absolute Gasteiger partial charge is 0.296 e. The fraction of sp³-hybridized carbons (Fsp3) is 0.105. The molecular formula is C19H18N4O3S3. The van der Waals surface area contributed by atoms with Crippen molar-refractivity contribution in [1.82, 2.24) is 10.2 Å². The highest BCUT2D eigenvalue weighted by molar-refractivity contribution is 8.01. The van der Waals surface area contributed by atoms with Crippen molar-refractivity contribution in [3.8, 4) is 0 Å². The highest BCUT2D eigenvalue weighted by Crippen LogP contribution is 2.26. The molecule has 150 valence electrons. The number of hydrogen-bond acceptors (Lipinski definition) is 7. The molecule has 1 N–H and O–H groups in total. The number of carbonyl (C=O) groups excluding carboxylic acids is 1. The molecule has 1 amide bonds. The summed E-state index contributed by atoms with van der Waals surface area (Å²) >= 11 is 2.74. The summed E-state index contributed by atoms with van der Waals surface area (Å²) in [5.41, 5.74) is 0.689. The van der Waals surface area contributed by atoms with E-state index in [1.165, 1.54) is 48.3 Å². The third kappa shape index (κ3) is 5.03. The van der Waals surface area contributed by atoms with Crippen LogP contribution in [-0.4, -0.2) is 37.3 Å². The van der Waals surface area contributed by atoms with Crippen molar-refractivity contribution < 1.29 is 13.2 Å². The number of aromatic nitrogens is 2. The van der Waals surface area contributed by atoms with Crippen molar-refractivity contribution in [3.63, 3.8) is 0 Å². The van der Waals surface area contributed by atoms with E-state index >= 15 is 0 Å². The Morgan fingerprint density at radius 3 is 2.69 bits per heavy atom. The normalized spacial score (nSPS) is 11.1. The Labute approximate surface area is 177 Å². The summed E-state index contributed by atoms with van der Waals surface area (Å²) in [5, 5.41) is 11.0. The van der Waals surface area contributed by atoms with Crippen molar-refractivity contribution in [2.75, 3.05) is 22.4 Å². The SMILES string of the molecule is C=CCSc1nnc(NC(=O)c2cccc(N(C)S(=O)(=O)c3ccccc3)c2)s1. The van der Waals surface area contributed by atoms with Crippen LogP contribution in [0.15, 0.2) is 76.5 Å². The summed E-state index contributed by atoms with van der Waals surface area (Å²) in [4.78, 5) is 12.7. The molecular weight excluding hydrogens is 428 g/mol. The number of anilines is 2. The first-order chi connectivity index (χ1) is 13.9. The van der Waals surface area contributed by atoms with Gasteiger partial charge in [0.1, 0.15) is 0 Å². The second-order valence-electron chi connectivity index (χ2n) is 5.76. The summed E-state index contributed by atoms with van der Waals surface area (Å²) in [6.07, 6.45) is 1.76. The van der Waals surface area contributed by atoms with Gasteiger partial charge in [-0.05, 0) is 30.3 Å². The zero-order valence-electron chi connectivity index (χ0n) is 15.5. The highest BCUT2D eigenvalue weighted by Gasteiger charge is 2.22. The van der Waals surface area contributed by atoms with E-state index in [-0.39, 0.29) is 4.90 Å². The maximum absolute atomic E-state index is 12.8. The lowest BCUT2D eigenvalue weighted by molar-refractivity contribution is 0.102. The van der Waals surface area contributed by atoms with Crippen LogP contribution >= 0.6 is 23.1 Å². The highest BCUT2D eigenvalue weighted by atomic mass is 32.2. The quantitative estimate of drug-likeness (QED) is 0.321. The van der Waals surface area contributed by atoms with Gasteiger partial charge in [-0.3, -0.25) is 14.4 Å². The zero-order valence-corrected chi connectivity index (χ0v) is 17.9. The maximum atomic E-state index is 12.8. The fourth-order valence-corrected chi connectivity index (χ4v) is 5.07. The number of nitrogens with one attached hydrogen (secondary N) is 1.